The first kappa shape index (κ1) is 20.4. The van der Waals surface area contributed by atoms with Gasteiger partial charge in [0.25, 0.3) is 0 Å². The summed E-state index contributed by atoms with van der Waals surface area (Å²) in [4.78, 5) is 39.0. The van der Waals surface area contributed by atoms with Gasteiger partial charge in [0, 0.05) is 28.0 Å². The number of amides is 2. The molecule has 8 heteroatoms. The van der Waals surface area contributed by atoms with E-state index in [0.717, 1.165) is 15.2 Å². The molecule has 7 nitrogen and oxygen atoms in total. The maximum Gasteiger partial charge on any atom is 0.410 e. The lowest BCUT2D eigenvalue weighted by atomic mass is 9.68. The summed E-state index contributed by atoms with van der Waals surface area (Å²) in [5.74, 6) is -3.70. The van der Waals surface area contributed by atoms with E-state index < -0.39 is 35.9 Å². The zero-order valence-electron chi connectivity index (χ0n) is 16.2. The molecule has 2 aliphatic heterocycles. The number of carbonyl (C=O) groups excluding carboxylic acids is 2. The molecule has 2 aromatic rings. The van der Waals surface area contributed by atoms with Crippen molar-refractivity contribution in [3.05, 3.63) is 53.0 Å². The van der Waals surface area contributed by atoms with E-state index in [1.54, 1.807) is 19.1 Å². The predicted octanol–water partition coefficient (Wildman–Crippen LogP) is 3.88. The molecule has 2 N–H and O–H groups in total. The number of carboxylic acid groups (broad SMARTS) is 1. The van der Waals surface area contributed by atoms with Gasteiger partial charge in [0.1, 0.15) is 0 Å². The molecule has 2 aromatic carbocycles. The van der Waals surface area contributed by atoms with E-state index in [0.29, 0.717) is 5.69 Å². The summed E-state index contributed by atoms with van der Waals surface area (Å²) < 4.78 is 5.97. The maximum atomic E-state index is 13.2. The largest absolute Gasteiger partial charge is 0.481 e. The van der Waals surface area contributed by atoms with Crippen LogP contribution in [-0.2, 0) is 14.3 Å². The van der Waals surface area contributed by atoms with Crippen LogP contribution < -0.4 is 5.32 Å². The molecule has 156 valence electrons. The third-order valence-corrected chi connectivity index (χ3v) is 6.45. The number of benzene rings is 2. The summed E-state index contributed by atoms with van der Waals surface area (Å²) in [7, 11) is 0. The third-order valence-electron chi connectivity index (χ3n) is 5.76. The Hall–Kier alpha value is -2.87. The molecule has 0 radical (unpaired) electrons. The summed E-state index contributed by atoms with van der Waals surface area (Å²) in [5, 5.41) is 14.6. The summed E-state index contributed by atoms with van der Waals surface area (Å²) in [6, 6.07) is 10.6. The Morgan fingerprint density at radius 3 is 2.57 bits per heavy atom. The smallest absolute Gasteiger partial charge is 0.410 e. The first-order valence-corrected chi connectivity index (χ1v) is 10.5. The number of hydrogen-bond acceptors (Lipinski definition) is 4. The molecule has 0 spiro atoms. The van der Waals surface area contributed by atoms with Gasteiger partial charge in [-0.3, -0.25) is 9.59 Å². The van der Waals surface area contributed by atoms with Crippen molar-refractivity contribution in [1.29, 1.82) is 0 Å². The lowest BCUT2D eigenvalue weighted by Gasteiger charge is -2.48. The lowest BCUT2D eigenvalue weighted by molar-refractivity contribution is -0.153. The van der Waals surface area contributed by atoms with E-state index in [1.807, 2.05) is 36.4 Å². The monoisotopic (exact) mass is 472 g/mol. The first-order chi connectivity index (χ1) is 14.4. The number of anilines is 1. The first-order valence-electron chi connectivity index (χ1n) is 9.75. The number of hydrogen-bond donors (Lipinski definition) is 2. The molecule has 0 saturated carbocycles. The number of ether oxygens (including phenoxy) is 1. The number of carboxylic acids is 1. The van der Waals surface area contributed by atoms with Crippen LogP contribution in [-0.4, -0.2) is 47.2 Å². The number of carbonyl (C=O) groups is 3. The minimum absolute atomic E-state index is 0.203. The van der Waals surface area contributed by atoms with Gasteiger partial charge >= 0.3 is 12.1 Å². The van der Waals surface area contributed by atoms with Crippen LogP contribution in [0.3, 0.4) is 0 Å². The van der Waals surface area contributed by atoms with Gasteiger partial charge in [-0.1, -0.05) is 52.3 Å². The Morgan fingerprint density at radius 2 is 1.87 bits per heavy atom. The van der Waals surface area contributed by atoms with Crippen LogP contribution in [0.4, 0.5) is 10.5 Å². The van der Waals surface area contributed by atoms with Crippen LogP contribution in [0.1, 0.15) is 6.92 Å². The zero-order valence-corrected chi connectivity index (χ0v) is 17.8. The van der Waals surface area contributed by atoms with Gasteiger partial charge in [0.15, 0.2) is 0 Å². The number of rotatable bonds is 4. The van der Waals surface area contributed by atoms with Crippen molar-refractivity contribution in [2.45, 2.75) is 13.0 Å². The van der Waals surface area contributed by atoms with Gasteiger partial charge in [-0.2, -0.15) is 0 Å². The van der Waals surface area contributed by atoms with E-state index in [9.17, 15) is 19.5 Å². The predicted molar refractivity (Wildman–Crippen MR) is 115 cm³/mol. The third kappa shape index (κ3) is 3.45. The Labute approximate surface area is 181 Å². The van der Waals surface area contributed by atoms with Gasteiger partial charge < -0.3 is 20.1 Å². The Kier molecular flexibility index (Phi) is 5.51. The van der Waals surface area contributed by atoms with E-state index in [4.69, 9.17) is 4.74 Å². The second-order valence-corrected chi connectivity index (χ2v) is 8.26. The van der Waals surface area contributed by atoms with Crippen LogP contribution >= 0.6 is 15.9 Å². The molecule has 2 heterocycles. The zero-order chi connectivity index (χ0) is 21.4. The highest BCUT2D eigenvalue weighted by Crippen LogP contribution is 2.41. The van der Waals surface area contributed by atoms with Gasteiger partial charge in [-0.05, 0) is 24.4 Å². The minimum Gasteiger partial charge on any atom is -0.481 e. The van der Waals surface area contributed by atoms with E-state index in [-0.39, 0.29) is 19.1 Å². The minimum atomic E-state index is -1.11. The summed E-state index contributed by atoms with van der Waals surface area (Å²) in [5.41, 5.74) is 0.621. The highest BCUT2D eigenvalue weighted by Gasteiger charge is 2.53. The summed E-state index contributed by atoms with van der Waals surface area (Å²) in [6.45, 7) is 2.15. The summed E-state index contributed by atoms with van der Waals surface area (Å²) in [6.07, 6.45) is 2.98. The Morgan fingerprint density at radius 1 is 1.13 bits per heavy atom. The fourth-order valence-corrected chi connectivity index (χ4v) is 4.92. The second kappa shape index (κ2) is 8.10. The molecule has 30 heavy (non-hydrogen) atoms. The van der Waals surface area contributed by atoms with E-state index in [2.05, 4.69) is 21.2 Å². The number of nitrogens with zero attached hydrogens (tertiary/aromatic N) is 1. The molecule has 4 unspecified atom stereocenters. The van der Waals surface area contributed by atoms with Crippen LogP contribution in [0.2, 0.25) is 0 Å². The number of halogens is 1. The quantitative estimate of drug-likeness (QED) is 0.658. The topological polar surface area (TPSA) is 95.9 Å². The average Bonchev–Trinajstić information content (AvgIpc) is 2.75. The highest BCUT2D eigenvalue weighted by atomic mass is 79.9. The van der Waals surface area contributed by atoms with Crippen molar-refractivity contribution in [3.8, 4) is 0 Å². The van der Waals surface area contributed by atoms with Crippen molar-refractivity contribution in [2.24, 2.45) is 17.8 Å². The van der Waals surface area contributed by atoms with Crippen molar-refractivity contribution < 1.29 is 24.2 Å². The maximum absolute atomic E-state index is 13.2. The molecule has 4 atom stereocenters. The summed E-state index contributed by atoms with van der Waals surface area (Å²) >= 11 is 3.51. The molecule has 5 rings (SSSR count). The highest BCUT2D eigenvalue weighted by molar-refractivity contribution is 9.10. The standard InChI is InChI=1S/C22H21BrN2O5/c1-2-30-22(29)25-11-12-7-10-17(25)19(21(27)28)18(12)20(26)24-16-9-8-15(23)13-5-3-4-6-14(13)16/h3-10,12,17-19H,2,11H2,1H3,(H,24,26)(H,27,28). The van der Waals surface area contributed by atoms with E-state index in [1.165, 1.54) is 4.90 Å². The van der Waals surface area contributed by atoms with Gasteiger partial charge in [0.05, 0.1) is 24.5 Å². The average molecular weight is 473 g/mol. The molecule has 0 aromatic heterocycles. The molecule has 1 aliphatic carbocycles. The van der Waals surface area contributed by atoms with Crippen LogP contribution in [0.15, 0.2) is 53.0 Å². The van der Waals surface area contributed by atoms with Gasteiger partial charge in [-0.15, -0.1) is 0 Å². The fraction of sp³-hybridized carbons (Fsp3) is 0.318. The fourth-order valence-electron chi connectivity index (χ4n) is 4.44. The van der Waals surface area contributed by atoms with Crippen LogP contribution in [0, 0.1) is 17.8 Å². The molecular weight excluding hydrogens is 452 g/mol. The van der Waals surface area contributed by atoms with Crippen molar-refractivity contribution >= 4 is 50.4 Å². The normalized spacial score (nSPS) is 24.7. The Balaban J connectivity index is 1.64. The number of aliphatic carboxylic acids is 1. The van der Waals surface area contributed by atoms with Crippen LogP contribution in [0.25, 0.3) is 10.8 Å². The lowest BCUT2D eigenvalue weighted by Crippen LogP contribution is -2.61. The second-order valence-electron chi connectivity index (χ2n) is 7.41. The molecule has 3 aliphatic rings. The van der Waals surface area contributed by atoms with Gasteiger partial charge in [-0.25, -0.2) is 4.79 Å². The molecule has 1 saturated heterocycles. The molecular formula is C22H21BrN2O5. The Bertz CT molecular complexity index is 1050. The van der Waals surface area contributed by atoms with Gasteiger partial charge in [0.2, 0.25) is 5.91 Å². The van der Waals surface area contributed by atoms with Crippen molar-refractivity contribution in [3.63, 3.8) is 0 Å². The molecule has 2 amide bonds. The molecule has 1 fully saturated rings. The number of fused-ring (bicyclic) bond motifs is 3. The van der Waals surface area contributed by atoms with E-state index >= 15 is 0 Å². The number of piperidine rings is 1. The van der Waals surface area contributed by atoms with Crippen LogP contribution in [0.5, 0.6) is 0 Å². The van der Waals surface area contributed by atoms with Crippen molar-refractivity contribution in [2.75, 3.05) is 18.5 Å². The molecule has 2 bridgehead atoms. The SMILES string of the molecule is CCOC(=O)N1CC2C=CC1C(C(=O)O)C2C(=O)Nc1ccc(Br)c2ccccc12. The van der Waals surface area contributed by atoms with Crippen molar-refractivity contribution in [1.82, 2.24) is 4.90 Å². The number of nitrogens with one attached hydrogen (secondary N) is 1.